The van der Waals surface area contributed by atoms with Gasteiger partial charge in [-0.3, -0.25) is 0 Å². The van der Waals surface area contributed by atoms with E-state index in [9.17, 15) is 0 Å². The Balaban J connectivity index is 2.29. The van der Waals surface area contributed by atoms with Crippen LogP contribution in [0.1, 0.15) is 31.0 Å². The van der Waals surface area contributed by atoms with Crippen LogP contribution in [0.5, 0.6) is 0 Å². The lowest BCUT2D eigenvalue weighted by Gasteiger charge is -2.05. The van der Waals surface area contributed by atoms with E-state index >= 15 is 0 Å². The van der Waals surface area contributed by atoms with E-state index in [0.29, 0.717) is 0 Å². The Morgan fingerprint density at radius 1 is 1.75 bits per heavy atom. The quantitative estimate of drug-likeness (QED) is 0.509. The molecule has 1 aromatic heterocycles. The molecule has 1 heterocycles. The Bertz CT molecular complexity index is 217. The Morgan fingerprint density at radius 2 is 2.58 bits per heavy atom. The number of nitrogens with one attached hydrogen (secondary N) is 1. The van der Waals surface area contributed by atoms with Gasteiger partial charge in [-0.05, 0) is 19.3 Å². The summed E-state index contributed by atoms with van der Waals surface area (Å²) >= 11 is 0. The second-order valence-electron chi connectivity index (χ2n) is 2.72. The molecule has 3 N–H and O–H groups in total. The second-order valence-corrected chi connectivity index (χ2v) is 2.72. The molecule has 4 nitrogen and oxygen atoms in total. The fourth-order valence-electron chi connectivity index (χ4n) is 1.02. The minimum Gasteiger partial charge on any atom is -0.323 e. The zero-order valence-corrected chi connectivity index (χ0v) is 7.03. The van der Waals surface area contributed by atoms with Crippen molar-refractivity contribution in [3.05, 3.63) is 24.5 Å². The molecule has 1 unspecified atom stereocenters. The normalized spacial score (nSPS) is 12.8. The van der Waals surface area contributed by atoms with E-state index in [2.05, 4.69) is 22.0 Å². The topological polar surface area (TPSA) is 67.6 Å². The summed E-state index contributed by atoms with van der Waals surface area (Å²) in [5.74, 6) is 0. The van der Waals surface area contributed by atoms with Crippen molar-refractivity contribution in [3.63, 3.8) is 0 Å². The van der Waals surface area contributed by atoms with Crippen LogP contribution in [0.15, 0.2) is 18.9 Å². The summed E-state index contributed by atoms with van der Waals surface area (Å²) in [7, 11) is 0. The smallest absolute Gasteiger partial charge is 0.0991 e. The zero-order chi connectivity index (χ0) is 8.81. The van der Waals surface area contributed by atoms with Crippen LogP contribution in [0, 0.1) is 0 Å². The molecule has 1 aromatic rings. The van der Waals surface area contributed by atoms with Gasteiger partial charge in [-0.25, -0.2) is 0 Å². The van der Waals surface area contributed by atoms with Crippen molar-refractivity contribution in [2.75, 3.05) is 0 Å². The maximum Gasteiger partial charge on any atom is 0.0991 e. The third-order valence-corrected chi connectivity index (χ3v) is 1.74. The van der Waals surface area contributed by atoms with Gasteiger partial charge in [-0.2, -0.15) is 15.4 Å². The average molecular weight is 166 g/mol. The van der Waals surface area contributed by atoms with Gasteiger partial charge < -0.3 is 5.73 Å². The minimum absolute atomic E-state index is 0.00343. The summed E-state index contributed by atoms with van der Waals surface area (Å²) in [4.78, 5) is 0. The Labute approximate surface area is 71.9 Å². The molecule has 0 saturated carbocycles. The molecule has 0 spiro atoms. The van der Waals surface area contributed by atoms with Gasteiger partial charge in [-0.15, -0.1) is 6.58 Å². The number of hydrogen-bond donors (Lipinski definition) is 2. The van der Waals surface area contributed by atoms with Crippen molar-refractivity contribution >= 4 is 0 Å². The number of rotatable bonds is 5. The molecule has 0 aliphatic carbocycles. The lowest BCUT2D eigenvalue weighted by Crippen LogP contribution is -2.10. The fraction of sp³-hybridized carbons (Fsp3) is 0.500. The van der Waals surface area contributed by atoms with Gasteiger partial charge >= 0.3 is 0 Å². The molecule has 4 heteroatoms. The summed E-state index contributed by atoms with van der Waals surface area (Å²) in [6, 6.07) is 0.00343. The first-order valence-electron chi connectivity index (χ1n) is 4.06. The molecule has 1 rings (SSSR count). The van der Waals surface area contributed by atoms with Crippen LogP contribution >= 0.6 is 0 Å². The fourth-order valence-corrected chi connectivity index (χ4v) is 1.02. The maximum absolute atomic E-state index is 5.82. The lowest BCUT2D eigenvalue weighted by atomic mass is 10.1. The van der Waals surface area contributed by atoms with Crippen LogP contribution in [0.3, 0.4) is 0 Å². The highest BCUT2D eigenvalue weighted by Crippen LogP contribution is 2.12. The van der Waals surface area contributed by atoms with Crippen LogP contribution in [-0.2, 0) is 0 Å². The molecular weight excluding hydrogens is 152 g/mol. The number of unbranched alkanes of at least 4 members (excludes halogenated alkanes) is 1. The summed E-state index contributed by atoms with van der Waals surface area (Å²) in [5.41, 5.74) is 6.66. The van der Waals surface area contributed by atoms with Crippen LogP contribution in [0.2, 0.25) is 0 Å². The number of nitrogens with zero attached hydrogens (tertiary/aromatic N) is 2. The van der Waals surface area contributed by atoms with E-state index in [0.717, 1.165) is 25.0 Å². The van der Waals surface area contributed by atoms with Crippen molar-refractivity contribution in [3.8, 4) is 0 Å². The minimum atomic E-state index is 0.00343. The van der Waals surface area contributed by atoms with E-state index in [-0.39, 0.29) is 6.04 Å². The molecule has 0 amide bonds. The second kappa shape index (κ2) is 4.66. The number of H-pyrrole nitrogens is 1. The zero-order valence-electron chi connectivity index (χ0n) is 7.03. The van der Waals surface area contributed by atoms with Gasteiger partial charge in [0.2, 0.25) is 0 Å². The molecule has 0 saturated heterocycles. The van der Waals surface area contributed by atoms with E-state index in [1.54, 1.807) is 6.20 Å². The monoisotopic (exact) mass is 166 g/mol. The SMILES string of the molecule is C=CCCCC(N)c1cn[nH]n1. The van der Waals surface area contributed by atoms with E-state index in [1.807, 2.05) is 6.08 Å². The standard InChI is InChI=1S/C8H14N4/c1-2-3-4-5-7(9)8-6-10-12-11-8/h2,6-7H,1,3-5,9H2,(H,10,11,12). The molecule has 0 aromatic carbocycles. The predicted molar refractivity (Wildman–Crippen MR) is 47.4 cm³/mol. The first-order valence-corrected chi connectivity index (χ1v) is 4.06. The van der Waals surface area contributed by atoms with Crippen molar-refractivity contribution in [1.82, 2.24) is 15.4 Å². The lowest BCUT2D eigenvalue weighted by molar-refractivity contribution is 0.601. The molecule has 0 aliphatic rings. The van der Waals surface area contributed by atoms with Crippen LogP contribution < -0.4 is 5.73 Å². The van der Waals surface area contributed by atoms with E-state index < -0.39 is 0 Å². The molecule has 66 valence electrons. The van der Waals surface area contributed by atoms with Crippen molar-refractivity contribution in [2.45, 2.75) is 25.3 Å². The number of aromatic amines is 1. The van der Waals surface area contributed by atoms with Crippen LogP contribution in [-0.4, -0.2) is 15.4 Å². The Kier molecular flexibility index (Phi) is 3.47. The summed E-state index contributed by atoms with van der Waals surface area (Å²) in [6.45, 7) is 3.65. The van der Waals surface area contributed by atoms with Gasteiger partial charge in [0.1, 0.15) is 0 Å². The molecule has 0 aliphatic heterocycles. The van der Waals surface area contributed by atoms with E-state index in [4.69, 9.17) is 5.73 Å². The third-order valence-electron chi connectivity index (χ3n) is 1.74. The molecule has 0 radical (unpaired) electrons. The number of hydrogen-bond acceptors (Lipinski definition) is 3. The highest BCUT2D eigenvalue weighted by Gasteiger charge is 2.06. The van der Waals surface area contributed by atoms with Gasteiger partial charge in [0, 0.05) is 0 Å². The highest BCUT2D eigenvalue weighted by molar-refractivity contribution is 4.97. The number of nitrogens with two attached hydrogens (primary N) is 1. The van der Waals surface area contributed by atoms with Crippen molar-refractivity contribution in [2.24, 2.45) is 5.73 Å². The molecular formula is C8H14N4. The van der Waals surface area contributed by atoms with Crippen molar-refractivity contribution < 1.29 is 0 Å². The molecule has 0 bridgehead atoms. The van der Waals surface area contributed by atoms with Crippen LogP contribution in [0.25, 0.3) is 0 Å². The third kappa shape index (κ3) is 2.47. The summed E-state index contributed by atoms with van der Waals surface area (Å²) in [6.07, 6.45) is 6.55. The highest BCUT2D eigenvalue weighted by atomic mass is 15.3. The summed E-state index contributed by atoms with van der Waals surface area (Å²) in [5, 5.41) is 10.1. The average Bonchev–Trinajstić information content (AvgIpc) is 2.56. The van der Waals surface area contributed by atoms with Gasteiger partial charge in [-0.1, -0.05) is 6.08 Å². The molecule has 1 atom stereocenters. The molecule has 0 fully saturated rings. The Morgan fingerprint density at radius 3 is 3.17 bits per heavy atom. The van der Waals surface area contributed by atoms with Gasteiger partial charge in [0.15, 0.2) is 0 Å². The van der Waals surface area contributed by atoms with Crippen LogP contribution in [0.4, 0.5) is 0 Å². The van der Waals surface area contributed by atoms with Gasteiger partial charge in [0.25, 0.3) is 0 Å². The number of aromatic nitrogens is 3. The predicted octanol–water partition coefficient (Wildman–Crippen LogP) is 1.16. The van der Waals surface area contributed by atoms with E-state index in [1.165, 1.54) is 0 Å². The summed E-state index contributed by atoms with van der Waals surface area (Å²) < 4.78 is 0. The molecule has 12 heavy (non-hydrogen) atoms. The first kappa shape index (κ1) is 8.93. The maximum atomic E-state index is 5.82. The Hall–Kier alpha value is -1.16. The van der Waals surface area contributed by atoms with Crippen molar-refractivity contribution in [1.29, 1.82) is 0 Å². The number of allylic oxidation sites excluding steroid dienone is 1. The first-order chi connectivity index (χ1) is 5.84. The van der Waals surface area contributed by atoms with Gasteiger partial charge in [0.05, 0.1) is 17.9 Å². The largest absolute Gasteiger partial charge is 0.323 e.